The summed E-state index contributed by atoms with van der Waals surface area (Å²) in [6.07, 6.45) is -1.55. The van der Waals surface area contributed by atoms with Crippen molar-refractivity contribution >= 4 is 11.9 Å². The van der Waals surface area contributed by atoms with Gasteiger partial charge in [-0.3, -0.25) is 4.79 Å². The molecule has 0 saturated carbocycles. The first-order valence-electron chi connectivity index (χ1n) is 12.5. The fraction of sp³-hybridized carbons (Fsp3) is 0.517. The molecule has 2 aromatic rings. The van der Waals surface area contributed by atoms with Crippen LogP contribution in [0.1, 0.15) is 63.8 Å². The fourth-order valence-corrected chi connectivity index (χ4v) is 4.17. The Hall–Kier alpha value is -2.90. The van der Waals surface area contributed by atoms with E-state index >= 15 is 0 Å². The molecule has 0 aliphatic carbocycles. The number of Topliss-reactive ketones (excluding diaryl/α,β-unsaturated/α-hetero) is 1. The minimum atomic E-state index is -1.11. The SMILES string of the molecule is Cc1cccc(C)c1OCC(=O)[C@@H](C(N)c1ccccc1)[C@@H](O)C[C@H](NC(=O)OC(C)(C)C)C(C)C. The van der Waals surface area contributed by atoms with Crippen molar-refractivity contribution in [2.45, 2.75) is 78.7 Å². The third kappa shape index (κ3) is 8.64. The second-order valence-electron chi connectivity index (χ2n) is 10.7. The van der Waals surface area contributed by atoms with Gasteiger partial charge in [-0.1, -0.05) is 62.4 Å². The summed E-state index contributed by atoms with van der Waals surface area (Å²) in [5.74, 6) is -0.597. The molecule has 2 rings (SSSR count). The van der Waals surface area contributed by atoms with Crippen LogP contribution in [-0.2, 0) is 9.53 Å². The monoisotopic (exact) mass is 498 g/mol. The van der Waals surface area contributed by atoms with Crippen molar-refractivity contribution in [3.63, 3.8) is 0 Å². The second-order valence-corrected chi connectivity index (χ2v) is 10.7. The van der Waals surface area contributed by atoms with E-state index in [4.69, 9.17) is 15.2 Å². The van der Waals surface area contributed by atoms with Gasteiger partial charge in [0.15, 0.2) is 5.78 Å². The largest absolute Gasteiger partial charge is 0.485 e. The van der Waals surface area contributed by atoms with Gasteiger partial charge in [0.25, 0.3) is 0 Å². The molecule has 36 heavy (non-hydrogen) atoms. The van der Waals surface area contributed by atoms with Crippen LogP contribution < -0.4 is 15.8 Å². The molecule has 0 fully saturated rings. The number of aliphatic hydroxyl groups is 1. The number of aliphatic hydroxyl groups excluding tert-OH is 1. The van der Waals surface area contributed by atoms with E-state index in [1.54, 1.807) is 20.8 Å². The van der Waals surface area contributed by atoms with Crippen LogP contribution >= 0.6 is 0 Å². The number of hydrogen-bond acceptors (Lipinski definition) is 6. The quantitative estimate of drug-likeness (QED) is 0.408. The van der Waals surface area contributed by atoms with Crippen molar-refractivity contribution in [3.05, 3.63) is 65.2 Å². The van der Waals surface area contributed by atoms with Crippen molar-refractivity contribution in [2.24, 2.45) is 17.6 Å². The van der Waals surface area contributed by atoms with Gasteiger partial charge in [0, 0.05) is 12.1 Å². The van der Waals surface area contributed by atoms with Crippen molar-refractivity contribution in [3.8, 4) is 5.75 Å². The maximum absolute atomic E-state index is 13.5. The second kappa shape index (κ2) is 12.9. The number of alkyl carbamates (subject to hydrolysis) is 1. The first-order chi connectivity index (χ1) is 16.8. The average Bonchev–Trinajstić information content (AvgIpc) is 2.77. The van der Waals surface area contributed by atoms with Crippen LogP contribution in [0.15, 0.2) is 48.5 Å². The number of amides is 1. The highest BCUT2D eigenvalue weighted by Gasteiger charge is 2.36. The van der Waals surface area contributed by atoms with Crippen LogP contribution in [0.5, 0.6) is 5.75 Å². The molecule has 0 aliphatic rings. The predicted octanol–water partition coefficient (Wildman–Crippen LogP) is 4.87. The maximum Gasteiger partial charge on any atom is 0.407 e. The topological polar surface area (TPSA) is 111 Å². The van der Waals surface area contributed by atoms with Crippen LogP contribution in [0.2, 0.25) is 0 Å². The van der Waals surface area contributed by atoms with Gasteiger partial charge >= 0.3 is 6.09 Å². The molecule has 0 saturated heterocycles. The number of aryl methyl sites for hydroxylation is 2. The van der Waals surface area contributed by atoms with Crippen LogP contribution in [0.25, 0.3) is 0 Å². The number of ketones is 1. The summed E-state index contributed by atoms with van der Waals surface area (Å²) in [5.41, 5.74) is 8.50. The van der Waals surface area contributed by atoms with Crippen LogP contribution in [0, 0.1) is 25.7 Å². The molecule has 1 amide bonds. The van der Waals surface area contributed by atoms with Gasteiger partial charge in [-0.15, -0.1) is 0 Å². The smallest absolute Gasteiger partial charge is 0.407 e. The third-order valence-corrected chi connectivity index (χ3v) is 6.13. The molecule has 2 aromatic carbocycles. The van der Waals surface area contributed by atoms with Gasteiger partial charge in [-0.2, -0.15) is 0 Å². The highest BCUT2D eigenvalue weighted by molar-refractivity contribution is 5.84. The molecule has 4 N–H and O–H groups in total. The van der Waals surface area contributed by atoms with Crippen molar-refractivity contribution in [1.82, 2.24) is 5.32 Å². The molecule has 0 heterocycles. The minimum Gasteiger partial charge on any atom is -0.485 e. The fourth-order valence-electron chi connectivity index (χ4n) is 4.17. The van der Waals surface area contributed by atoms with Gasteiger partial charge in [0.1, 0.15) is 18.0 Å². The Bertz CT molecular complexity index is 980. The molecular formula is C29H42N2O5. The van der Waals surface area contributed by atoms with E-state index in [2.05, 4.69) is 5.32 Å². The lowest BCUT2D eigenvalue weighted by Gasteiger charge is -2.32. The zero-order valence-corrected chi connectivity index (χ0v) is 22.6. The van der Waals surface area contributed by atoms with E-state index in [9.17, 15) is 14.7 Å². The Kier molecular flexibility index (Phi) is 10.5. The number of carbonyl (C=O) groups is 2. The van der Waals surface area contributed by atoms with Gasteiger partial charge in [0.2, 0.25) is 0 Å². The summed E-state index contributed by atoms with van der Waals surface area (Å²) in [5, 5.41) is 14.2. The summed E-state index contributed by atoms with van der Waals surface area (Å²) in [6, 6.07) is 13.8. The maximum atomic E-state index is 13.5. The summed E-state index contributed by atoms with van der Waals surface area (Å²) in [6.45, 7) is 12.9. The van der Waals surface area contributed by atoms with Gasteiger partial charge in [-0.05, 0) is 63.6 Å². The number of para-hydroxylation sites is 1. The zero-order valence-electron chi connectivity index (χ0n) is 22.6. The Morgan fingerprint density at radius 2 is 1.58 bits per heavy atom. The molecule has 198 valence electrons. The molecule has 7 nitrogen and oxygen atoms in total. The summed E-state index contributed by atoms with van der Waals surface area (Å²) >= 11 is 0. The third-order valence-electron chi connectivity index (χ3n) is 6.13. The van der Waals surface area contributed by atoms with Gasteiger partial charge in [-0.25, -0.2) is 4.79 Å². The molecule has 7 heteroatoms. The number of ether oxygens (including phenoxy) is 2. The highest BCUT2D eigenvalue weighted by Crippen LogP contribution is 2.28. The average molecular weight is 499 g/mol. The lowest BCUT2D eigenvalue weighted by atomic mass is 9.82. The predicted molar refractivity (Wildman–Crippen MR) is 142 cm³/mol. The Morgan fingerprint density at radius 1 is 1.00 bits per heavy atom. The standard InChI is InChI=1S/C29H42N2O5/c1-18(2)22(31-28(34)36-29(5,6)7)16-23(32)25(26(30)21-14-9-8-10-15-21)24(33)17-35-27-19(3)12-11-13-20(27)4/h8-15,18,22-23,25-26,32H,16-17,30H2,1-7H3,(H,31,34)/t22-,23-,25-,26?/m0/s1. The van der Waals surface area contributed by atoms with Crippen LogP contribution in [0.4, 0.5) is 4.79 Å². The molecular weight excluding hydrogens is 456 g/mol. The first-order valence-corrected chi connectivity index (χ1v) is 12.5. The Labute approximate surface area is 215 Å². The molecule has 0 radical (unpaired) electrons. The van der Waals surface area contributed by atoms with E-state index < -0.39 is 35.8 Å². The van der Waals surface area contributed by atoms with E-state index in [-0.39, 0.29) is 24.7 Å². The lowest BCUT2D eigenvalue weighted by molar-refractivity contribution is -0.129. The van der Waals surface area contributed by atoms with E-state index in [0.29, 0.717) is 5.75 Å². The number of nitrogens with two attached hydrogens (primary N) is 1. The Morgan fingerprint density at radius 3 is 2.11 bits per heavy atom. The van der Waals surface area contributed by atoms with E-state index in [0.717, 1.165) is 16.7 Å². The summed E-state index contributed by atoms with van der Waals surface area (Å²) in [7, 11) is 0. The molecule has 4 atom stereocenters. The minimum absolute atomic E-state index is 0.0123. The van der Waals surface area contributed by atoms with E-state index in [1.807, 2.05) is 76.2 Å². The number of rotatable bonds is 11. The number of nitrogens with one attached hydrogen (secondary N) is 1. The molecule has 0 aliphatic heterocycles. The Balaban J connectivity index is 2.25. The van der Waals surface area contributed by atoms with E-state index in [1.165, 1.54) is 0 Å². The molecule has 0 spiro atoms. The van der Waals surface area contributed by atoms with Crippen LogP contribution in [0.3, 0.4) is 0 Å². The van der Waals surface area contributed by atoms with Gasteiger partial charge in [0.05, 0.1) is 12.0 Å². The van der Waals surface area contributed by atoms with Crippen molar-refractivity contribution < 1.29 is 24.2 Å². The van der Waals surface area contributed by atoms with Crippen molar-refractivity contribution in [2.75, 3.05) is 6.61 Å². The first kappa shape index (κ1) is 29.3. The number of hydrogen-bond donors (Lipinski definition) is 3. The van der Waals surface area contributed by atoms with Gasteiger partial charge < -0.3 is 25.6 Å². The zero-order chi connectivity index (χ0) is 27.0. The lowest BCUT2D eigenvalue weighted by Crippen LogP contribution is -2.47. The normalized spacial score (nSPS) is 15.1. The highest BCUT2D eigenvalue weighted by atomic mass is 16.6. The molecule has 0 aromatic heterocycles. The van der Waals surface area contributed by atoms with Crippen LogP contribution in [-0.4, -0.2) is 41.3 Å². The number of benzene rings is 2. The van der Waals surface area contributed by atoms with Crippen molar-refractivity contribution in [1.29, 1.82) is 0 Å². The summed E-state index contributed by atoms with van der Waals surface area (Å²) in [4.78, 5) is 25.9. The molecule has 1 unspecified atom stereocenters. The molecule has 0 bridgehead atoms. The number of carbonyl (C=O) groups excluding carboxylic acids is 2. The summed E-state index contributed by atoms with van der Waals surface area (Å²) < 4.78 is 11.3.